The lowest BCUT2D eigenvalue weighted by molar-refractivity contribution is 0.269. The highest BCUT2D eigenvalue weighted by atomic mass is 79.9. The van der Waals surface area contributed by atoms with E-state index in [4.69, 9.17) is 0 Å². The Hall–Kier alpha value is -1.99. The third-order valence-corrected chi connectivity index (χ3v) is 10.1. The Morgan fingerprint density at radius 1 is 0.902 bits per heavy atom. The Morgan fingerprint density at radius 2 is 1.44 bits per heavy atom. The van der Waals surface area contributed by atoms with Crippen LogP contribution >= 0.6 is 15.9 Å². The molecule has 0 bridgehead atoms. The molecule has 2 aromatic rings. The molecule has 2 saturated heterocycles. The second kappa shape index (κ2) is 13.1. The zero-order valence-corrected chi connectivity index (χ0v) is 27.9. The van der Waals surface area contributed by atoms with Gasteiger partial charge in [0.1, 0.15) is 13.6 Å². The highest BCUT2D eigenvalue weighted by molar-refractivity contribution is 9.10. The van der Waals surface area contributed by atoms with Gasteiger partial charge in [-0.25, -0.2) is 0 Å². The molecule has 2 aromatic carbocycles. The molecule has 41 heavy (non-hydrogen) atoms. The van der Waals surface area contributed by atoms with E-state index in [0.717, 1.165) is 62.0 Å². The zero-order valence-electron chi connectivity index (χ0n) is 25.3. The van der Waals surface area contributed by atoms with Crippen molar-refractivity contribution in [2.24, 2.45) is 0 Å². The van der Waals surface area contributed by atoms with Gasteiger partial charge in [-0.3, -0.25) is 0 Å². The van der Waals surface area contributed by atoms with Crippen molar-refractivity contribution in [3.8, 4) is 11.5 Å². The molecule has 218 valence electrons. The number of rotatable bonds is 4. The summed E-state index contributed by atoms with van der Waals surface area (Å²) in [7, 11) is -2.17. The van der Waals surface area contributed by atoms with E-state index in [0.29, 0.717) is 0 Å². The normalized spacial score (nSPS) is 19.7. The minimum Gasteiger partial charge on any atom is -0.437 e. The fourth-order valence-corrected chi connectivity index (χ4v) is 6.84. The van der Waals surface area contributed by atoms with E-state index in [1.165, 1.54) is 16.8 Å². The first-order valence-electron chi connectivity index (χ1n) is 14.8. The Kier molecular flexibility index (Phi) is 10.2. The van der Waals surface area contributed by atoms with Gasteiger partial charge in [-0.05, 0) is 105 Å². The number of para-hydroxylation sites is 2. The van der Waals surface area contributed by atoms with Gasteiger partial charge >= 0.3 is 14.1 Å². The molecule has 0 saturated carbocycles. The van der Waals surface area contributed by atoms with Crippen LogP contribution in [-0.2, 0) is 0 Å². The van der Waals surface area contributed by atoms with Gasteiger partial charge in [0, 0.05) is 21.4 Å². The smallest absolute Gasteiger partial charge is 0.376 e. The summed E-state index contributed by atoms with van der Waals surface area (Å²) in [5, 5.41) is 26.8. The van der Waals surface area contributed by atoms with Crippen LogP contribution in [0.2, 0.25) is 33.3 Å². The summed E-state index contributed by atoms with van der Waals surface area (Å²) in [4.78, 5) is 4.22. The molecule has 6 nitrogen and oxygen atoms in total. The van der Waals surface area contributed by atoms with E-state index in [1.54, 1.807) is 0 Å². The summed E-state index contributed by atoms with van der Waals surface area (Å²) in [6, 6.07) is 16.6. The summed E-state index contributed by atoms with van der Waals surface area (Å²) in [6.45, 7) is 18.3. The minimum absolute atomic E-state index is 0.00900. The molecule has 1 spiro atoms. The fraction of sp³-hybridized carbons (Fsp3) is 0.484. The van der Waals surface area contributed by atoms with Crippen LogP contribution in [0.4, 0.5) is 11.4 Å². The SMILES string of the molecule is C=C1c2ccccc2NC12CCN(B(C)O)CC2.CB(O)N1CCC(C#C[Si](C)(C)C)(Nc2ccccc2Br)CC1. The van der Waals surface area contributed by atoms with Crippen LogP contribution in [0.15, 0.2) is 59.6 Å². The summed E-state index contributed by atoms with van der Waals surface area (Å²) < 4.78 is 1.06. The van der Waals surface area contributed by atoms with E-state index in [9.17, 15) is 10.0 Å². The molecule has 0 aromatic heterocycles. The van der Waals surface area contributed by atoms with Gasteiger partial charge in [-0.2, -0.15) is 0 Å². The lowest BCUT2D eigenvalue weighted by atomic mass is 9.76. The maximum atomic E-state index is 9.81. The summed E-state index contributed by atoms with van der Waals surface area (Å²) in [6.07, 6.45) is 3.84. The van der Waals surface area contributed by atoms with Crippen molar-refractivity contribution < 1.29 is 10.0 Å². The van der Waals surface area contributed by atoms with Crippen LogP contribution in [0.3, 0.4) is 0 Å². The molecule has 0 amide bonds. The van der Waals surface area contributed by atoms with Gasteiger partial charge in [0.25, 0.3) is 0 Å². The molecule has 3 aliphatic rings. The molecule has 0 atom stereocenters. The largest absolute Gasteiger partial charge is 0.437 e. The topological polar surface area (TPSA) is 71.0 Å². The van der Waals surface area contributed by atoms with Gasteiger partial charge in [0.2, 0.25) is 0 Å². The predicted molar refractivity (Wildman–Crippen MR) is 183 cm³/mol. The van der Waals surface area contributed by atoms with Crippen molar-refractivity contribution >= 4 is 55.1 Å². The van der Waals surface area contributed by atoms with Gasteiger partial charge in [0.15, 0.2) is 0 Å². The van der Waals surface area contributed by atoms with Crippen LogP contribution in [-0.4, -0.2) is 79.1 Å². The number of anilines is 2. The summed E-state index contributed by atoms with van der Waals surface area (Å²) in [5.74, 6) is 3.58. The van der Waals surface area contributed by atoms with E-state index in [1.807, 2.05) is 31.8 Å². The molecule has 0 aliphatic carbocycles. The summed E-state index contributed by atoms with van der Waals surface area (Å²) >= 11 is 3.62. The number of fused-ring (bicyclic) bond motifs is 1. The number of halogens is 1. The average molecular weight is 635 g/mol. The van der Waals surface area contributed by atoms with Gasteiger partial charge in [0.05, 0.1) is 5.54 Å². The monoisotopic (exact) mass is 634 g/mol. The van der Waals surface area contributed by atoms with Crippen molar-refractivity contribution in [3.63, 3.8) is 0 Å². The van der Waals surface area contributed by atoms with Crippen molar-refractivity contribution in [2.45, 2.75) is 70.0 Å². The Bertz CT molecular complexity index is 1270. The lowest BCUT2D eigenvalue weighted by Crippen LogP contribution is -2.52. The molecule has 0 unspecified atom stereocenters. The molecule has 3 heterocycles. The van der Waals surface area contributed by atoms with Gasteiger partial charge in [-0.15, -0.1) is 5.54 Å². The number of piperidine rings is 2. The van der Waals surface area contributed by atoms with E-state index in [2.05, 4.69) is 104 Å². The van der Waals surface area contributed by atoms with Crippen LogP contribution in [0.25, 0.3) is 5.57 Å². The molecule has 2 fully saturated rings. The summed E-state index contributed by atoms with van der Waals surface area (Å²) in [5.41, 5.74) is 8.09. The standard InChI is InChI=1S/C17H26BBrN2OSi.C14H19BN2O/c1-18(22)21-12-9-17(10-13-21,11-14-23(2,3)4)20-16-8-6-5-7-15(16)19;1-11-12-5-3-4-6-13(12)16-14(11)7-9-17(10-8-14)15(2)18/h5-8,20,22H,9-10,12-13H2,1-4H3;3-6,16,18H,1,7-10H2,2H3. The maximum Gasteiger partial charge on any atom is 0.376 e. The number of nitrogens with one attached hydrogen (secondary N) is 2. The number of hydrogen-bond acceptors (Lipinski definition) is 6. The highest BCUT2D eigenvalue weighted by Gasteiger charge is 2.43. The van der Waals surface area contributed by atoms with Crippen LogP contribution in [0.5, 0.6) is 0 Å². The second-order valence-electron chi connectivity index (χ2n) is 12.8. The number of benzene rings is 2. The molecule has 5 rings (SSSR count). The zero-order chi connectivity index (χ0) is 29.8. The average Bonchev–Trinajstić information content (AvgIpc) is 3.20. The van der Waals surface area contributed by atoms with Crippen LogP contribution in [0, 0.1) is 11.5 Å². The predicted octanol–water partition coefficient (Wildman–Crippen LogP) is 5.76. The second-order valence-corrected chi connectivity index (χ2v) is 18.4. The first kappa shape index (κ1) is 31.9. The van der Waals surface area contributed by atoms with Crippen molar-refractivity contribution in [3.05, 3.63) is 65.1 Å². The van der Waals surface area contributed by atoms with Gasteiger partial charge in [-0.1, -0.05) is 62.5 Å². The molecule has 4 N–H and O–H groups in total. The first-order valence-corrected chi connectivity index (χ1v) is 19.1. The quantitative estimate of drug-likeness (QED) is 0.253. The maximum absolute atomic E-state index is 9.81. The molecule has 0 radical (unpaired) electrons. The van der Waals surface area contributed by atoms with Crippen LogP contribution in [0.1, 0.15) is 31.2 Å². The molecular formula is C31H45B2BrN4O2Si. The molecule has 3 aliphatic heterocycles. The van der Waals surface area contributed by atoms with Gasteiger partial charge < -0.3 is 30.3 Å². The van der Waals surface area contributed by atoms with E-state index < -0.39 is 8.07 Å². The lowest BCUT2D eigenvalue weighted by Gasteiger charge is -2.41. The Morgan fingerprint density at radius 3 is 1.98 bits per heavy atom. The van der Waals surface area contributed by atoms with Crippen LogP contribution < -0.4 is 10.6 Å². The fourth-order valence-electron chi connectivity index (χ4n) is 5.84. The Balaban J connectivity index is 0.000000194. The van der Waals surface area contributed by atoms with E-state index >= 15 is 0 Å². The van der Waals surface area contributed by atoms with Crippen molar-refractivity contribution in [1.29, 1.82) is 0 Å². The molecular weight excluding hydrogens is 590 g/mol. The Labute approximate surface area is 257 Å². The number of nitrogens with zero attached hydrogens (tertiary/aromatic N) is 2. The molecule has 10 heteroatoms. The third-order valence-electron chi connectivity index (χ3n) is 8.49. The minimum atomic E-state index is -1.43. The number of hydrogen-bond donors (Lipinski definition) is 4. The highest BCUT2D eigenvalue weighted by Crippen LogP contribution is 2.46. The third kappa shape index (κ3) is 7.89. The van der Waals surface area contributed by atoms with E-state index in [-0.39, 0.29) is 25.2 Å². The van der Waals surface area contributed by atoms with Crippen molar-refractivity contribution in [1.82, 2.24) is 9.62 Å². The van der Waals surface area contributed by atoms with Crippen molar-refractivity contribution in [2.75, 3.05) is 36.8 Å². The first-order chi connectivity index (χ1) is 19.3.